The number of anilines is 1. The second-order valence-electron chi connectivity index (χ2n) is 6.70. The minimum absolute atomic E-state index is 0.0850. The molecule has 0 aliphatic heterocycles. The highest BCUT2D eigenvalue weighted by Gasteiger charge is 2.17. The Balaban J connectivity index is 1.54. The van der Waals surface area contributed by atoms with Crippen LogP contribution >= 0.6 is 23.6 Å². The number of nitro benzene ring substituents is 1. The number of aromatic nitrogens is 1. The molecule has 0 saturated heterocycles. The van der Waals surface area contributed by atoms with Crippen molar-refractivity contribution in [3.63, 3.8) is 0 Å². The van der Waals surface area contributed by atoms with Crippen molar-refractivity contribution in [3.8, 4) is 10.6 Å². The van der Waals surface area contributed by atoms with Gasteiger partial charge in [0.1, 0.15) is 5.01 Å². The maximum Gasteiger partial charge on any atom is 0.273 e. The number of carbonyl (C=O) groups excluding carboxylic acids is 1. The van der Waals surface area contributed by atoms with Crippen molar-refractivity contribution < 1.29 is 9.72 Å². The van der Waals surface area contributed by atoms with E-state index in [0.29, 0.717) is 11.3 Å². The second-order valence-corrected chi connectivity index (χ2v) is 8.14. The fourth-order valence-electron chi connectivity index (χ4n) is 3.04. The van der Waals surface area contributed by atoms with Gasteiger partial charge in [-0.15, -0.1) is 11.3 Å². The molecule has 0 unspecified atom stereocenters. The number of aryl methyl sites for hydroxylation is 1. The Morgan fingerprint density at radius 2 is 1.84 bits per heavy atom. The summed E-state index contributed by atoms with van der Waals surface area (Å²) in [7, 11) is 0. The molecule has 154 valence electrons. The molecule has 31 heavy (non-hydrogen) atoms. The van der Waals surface area contributed by atoms with Crippen LogP contribution in [0.1, 0.15) is 15.9 Å². The lowest BCUT2D eigenvalue weighted by Crippen LogP contribution is -2.34. The van der Waals surface area contributed by atoms with Crippen LogP contribution < -0.4 is 10.6 Å². The van der Waals surface area contributed by atoms with E-state index in [4.69, 9.17) is 12.2 Å². The number of hydrogen-bond donors (Lipinski definition) is 2. The van der Waals surface area contributed by atoms with Crippen molar-refractivity contribution in [1.29, 1.82) is 0 Å². The fraction of sp³-hybridized carbons (Fsp3) is 0.0455. The van der Waals surface area contributed by atoms with Crippen molar-refractivity contribution in [1.82, 2.24) is 10.3 Å². The molecule has 0 spiro atoms. The van der Waals surface area contributed by atoms with Gasteiger partial charge in [-0.3, -0.25) is 20.2 Å². The molecule has 0 atom stereocenters. The highest BCUT2D eigenvalue weighted by molar-refractivity contribution is 7.80. The Kier molecular flexibility index (Phi) is 5.70. The molecule has 1 heterocycles. The molecule has 0 bridgehead atoms. The van der Waals surface area contributed by atoms with Crippen LogP contribution in [0.4, 0.5) is 11.4 Å². The smallest absolute Gasteiger partial charge is 0.273 e. The van der Waals surface area contributed by atoms with Gasteiger partial charge in [0.25, 0.3) is 11.6 Å². The Bertz CT molecular complexity index is 1300. The molecule has 4 aromatic rings. The van der Waals surface area contributed by atoms with E-state index in [0.717, 1.165) is 20.8 Å². The number of thiazole rings is 1. The van der Waals surface area contributed by atoms with Crippen molar-refractivity contribution in [3.05, 3.63) is 88.0 Å². The van der Waals surface area contributed by atoms with E-state index >= 15 is 0 Å². The van der Waals surface area contributed by atoms with Crippen molar-refractivity contribution in [2.75, 3.05) is 5.32 Å². The minimum atomic E-state index is -0.530. The van der Waals surface area contributed by atoms with E-state index < -0.39 is 10.8 Å². The number of nitrogens with zero attached hydrogens (tertiary/aromatic N) is 2. The fourth-order valence-corrected chi connectivity index (χ4v) is 4.25. The van der Waals surface area contributed by atoms with Gasteiger partial charge in [-0.2, -0.15) is 0 Å². The summed E-state index contributed by atoms with van der Waals surface area (Å²) in [6.07, 6.45) is 0. The summed E-state index contributed by atoms with van der Waals surface area (Å²) in [5.74, 6) is -0.530. The molecular formula is C22H16N4O3S2. The van der Waals surface area contributed by atoms with Gasteiger partial charge in [0.05, 0.1) is 20.8 Å². The first kappa shape index (κ1) is 20.6. The Labute approximate surface area is 186 Å². The Morgan fingerprint density at radius 3 is 2.61 bits per heavy atom. The maximum absolute atomic E-state index is 12.5. The quantitative estimate of drug-likeness (QED) is 0.250. The lowest BCUT2D eigenvalue weighted by molar-refractivity contribution is -0.385. The summed E-state index contributed by atoms with van der Waals surface area (Å²) in [5, 5.41) is 17.7. The number of carbonyl (C=O) groups is 1. The lowest BCUT2D eigenvalue weighted by Gasteiger charge is -2.12. The molecule has 0 saturated carbocycles. The predicted octanol–water partition coefficient (Wildman–Crippen LogP) is 5.31. The number of benzene rings is 3. The zero-order valence-electron chi connectivity index (χ0n) is 16.3. The van der Waals surface area contributed by atoms with Crippen LogP contribution in [0.2, 0.25) is 0 Å². The molecule has 2 N–H and O–H groups in total. The van der Waals surface area contributed by atoms with E-state index in [2.05, 4.69) is 15.6 Å². The molecule has 7 nitrogen and oxygen atoms in total. The molecule has 4 rings (SSSR count). The number of nitro groups is 1. The number of fused-ring (bicyclic) bond motifs is 1. The summed E-state index contributed by atoms with van der Waals surface area (Å²) in [5.41, 5.74) is 2.97. The standard InChI is InChI=1S/C22H16N4O3S2/c1-13-10-11-14(12-18(13)26(28)29)20(27)25-22(30)24-16-7-3-2-6-15(16)21-23-17-8-4-5-9-19(17)31-21/h2-12H,1H3,(H2,24,25,27,30). The van der Waals surface area contributed by atoms with E-state index in [9.17, 15) is 14.9 Å². The molecule has 1 amide bonds. The van der Waals surface area contributed by atoms with Gasteiger partial charge < -0.3 is 5.32 Å². The van der Waals surface area contributed by atoms with Crippen LogP contribution in [-0.4, -0.2) is 20.9 Å². The SMILES string of the molecule is Cc1ccc(C(=O)NC(=S)Nc2ccccc2-c2nc3ccccc3s2)cc1[N+](=O)[O-]. The van der Waals surface area contributed by atoms with Gasteiger partial charge in [0, 0.05) is 22.8 Å². The molecule has 1 aromatic heterocycles. The Hall–Kier alpha value is -3.69. The molecule has 0 aliphatic rings. The highest BCUT2D eigenvalue weighted by Crippen LogP contribution is 2.34. The van der Waals surface area contributed by atoms with Crippen LogP contribution in [-0.2, 0) is 0 Å². The first-order valence-electron chi connectivity index (χ1n) is 9.25. The van der Waals surface area contributed by atoms with Gasteiger partial charge in [-0.25, -0.2) is 4.98 Å². The van der Waals surface area contributed by atoms with E-state index in [1.165, 1.54) is 18.2 Å². The summed E-state index contributed by atoms with van der Waals surface area (Å²) in [4.78, 5) is 27.8. The average molecular weight is 449 g/mol. The van der Waals surface area contributed by atoms with E-state index in [-0.39, 0.29) is 16.4 Å². The number of thiocarbonyl (C=S) groups is 1. The maximum atomic E-state index is 12.5. The summed E-state index contributed by atoms with van der Waals surface area (Å²) in [6, 6.07) is 19.7. The molecule has 3 aromatic carbocycles. The molecule has 0 fully saturated rings. The summed E-state index contributed by atoms with van der Waals surface area (Å²) in [6.45, 7) is 1.62. The van der Waals surface area contributed by atoms with Gasteiger partial charge in [-0.1, -0.05) is 30.3 Å². The second kappa shape index (κ2) is 8.58. The number of hydrogen-bond acceptors (Lipinski definition) is 6. The number of nitrogens with one attached hydrogen (secondary N) is 2. The van der Waals surface area contributed by atoms with Gasteiger partial charge in [0.15, 0.2) is 5.11 Å². The average Bonchev–Trinajstić information content (AvgIpc) is 3.18. The summed E-state index contributed by atoms with van der Waals surface area (Å²) >= 11 is 6.86. The summed E-state index contributed by atoms with van der Waals surface area (Å²) < 4.78 is 1.07. The third-order valence-corrected chi connectivity index (χ3v) is 5.87. The van der Waals surface area contributed by atoms with Crippen molar-refractivity contribution >= 4 is 56.2 Å². The van der Waals surface area contributed by atoms with Gasteiger partial charge in [0.2, 0.25) is 0 Å². The van der Waals surface area contributed by atoms with Crippen LogP contribution in [0.5, 0.6) is 0 Å². The first-order chi connectivity index (χ1) is 14.9. The van der Waals surface area contributed by atoms with Crippen LogP contribution in [0, 0.1) is 17.0 Å². The minimum Gasteiger partial charge on any atom is -0.332 e. The number of amides is 1. The van der Waals surface area contributed by atoms with Crippen LogP contribution in [0.25, 0.3) is 20.8 Å². The van der Waals surface area contributed by atoms with Crippen molar-refractivity contribution in [2.24, 2.45) is 0 Å². The Morgan fingerprint density at radius 1 is 1.10 bits per heavy atom. The molecular weight excluding hydrogens is 432 g/mol. The molecule has 0 radical (unpaired) electrons. The topological polar surface area (TPSA) is 97.2 Å². The van der Waals surface area contributed by atoms with Gasteiger partial charge in [-0.05, 0) is 49.5 Å². The third kappa shape index (κ3) is 4.42. The van der Waals surface area contributed by atoms with E-state index in [1.807, 2.05) is 48.5 Å². The largest absolute Gasteiger partial charge is 0.332 e. The zero-order valence-corrected chi connectivity index (χ0v) is 17.9. The molecule has 9 heteroatoms. The van der Waals surface area contributed by atoms with Crippen LogP contribution in [0.15, 0.2) is 66.7 Å². The number of para-hydroxylation sites is 2. The van der Waals surface area contributed by atoms with E-state index in [1.54, 1.807) is 18.3 Å². The highest BCUT2D eigenvalue weighted by atomic mass is 32.1. The lowest BCUT2D eigenvalue weighted by atomic mass is 10.1. The predicted molar refractivity (Wildman–Crippen MR) is 127 cm³/mol. The molecule has 0 aliphatic carbocycles. The monoisotopic (exact) mass is 448 g/mol. The normalized spacial score (nSPS) is 10.6. The first-order valence-corrected chi connectivity index (χ1v) is 10.5. The van der Waals surface area contributed by atoms with Crippen LogP contribution in [0.3, 0.4) is 0 Å². The zero-order chi connectivity index (χ0) is 22.0. The van der Waals surface area contributed by atoms with Gasteiger partial charge >= 0.3 is 0 Å². The van der Waals surface area contributed by atoms with Crippen molar-refractivity contribution in [2.45, 2.75) is 6.92 Å². The number of rotatable bonds is 4. The third-order valence-electron chi connectivity index (χ3n) is 4.59.